The highest BCUT2D eigenvalue weighted by Crippen LogP contribution is 2.71. The van der Waals surface area contributed by atoms with Crippen LogP contribution in [0.2, 0.25) is 0 Å². The fraction of sp³-hybridized carbons (Fsp3) is 0.950. The Hall–Kier alpha value is -0.330. The number of fused-ring (bicyclic) bond motifs is 1. The van der Waals surface area contributed by atoms with E-state index >= 15 is 0 Å². The van der Waals surface area contributed by atoms with Crippen LogP contribution in [0.4, 0.5) is 0 Å². The zero-order chi connectivity index (χ0) is 13.8. The van der Waals surface area contributed by atoms with Crippen LogP contribution in [0.3, 0.4) is 0 Å². The van der Waals surface area contributed by atoms with Crippen molar-refractivity contribution in [2.45, 2.75) is 64.2 Å². The van der Waals surface area contributed by atoms with Gasteiger partial charge in [0.25, 0.3) is 0 Å². The van der Waals surface area contributed by atoms with Crippen molar-refractivity contribution in [3.8, 4) is 0 Å². The van der Waals surface area contributed by atoms with Gasteiger partial charge in [0, 0.05) is 11.3 Å². The maximum absolute atomic E-state index is 13.6. The highest BCUT2D eigenvalue weighted by Gasteiger charge is 2.68. The van der Waals surface area contributed by atoms with E-state index in [0.29, 0.717) is 5.92 Å². The largest absolute Gasteiger partial charge is 0.299 e. The summed E-state index contributed by atoms with van der Waals surface area (Å²) in [5.74, 6) is 7.79. The fourth-order valence-corrected chi connectivity index (χ4v) is 9.06. The number of ketones is 1. The van der Waals surface area contributed by atoms with Crippen molar-refractivity contribution >= 4 is 5.78 Å². The zero-order valence-electron chi connectivity index (χ0n) is 13.1. The SMILES string of the molecule is O=C1[C@H]2CC[C@@H]3CC[C@@H](C[C@@]14C[C@H]1CC[C@H]5CC[C@H]4[C@H]51)[C@H]32. The van der Waals surface area contributed by atoms with Crippen LogP contribution in [0.15, 0.2) is 0 Å². The predicted octanol–water partition coefficient (Wildman–Crippen LogP) is 4.45. The van der Waals surface area contributed by atoms with Gasteiger partial charge in [-0.15, -0.1) is 0 Å². The van der Waals surface area contributed by atoms with E-state index in [9.17, 15) is 4.79 Å². The van der Waals surface area contributed by atoms with E-state index < -0.39 is 0 Å². The molecule has 0 bridgehead atoms. The lowest BCUT2D eigenvalue weighted by Crippen LogP contribution is -2.48. The van der Waals surface area contributed by atoms with Crippen molar-refractivity contribution in [2.24, 2.45) is 52.8 Å². The van der Waals surface area contributed by atoms with Gasteiger partial charge in [-0.25, -0.2) is 0 Å². The third-order valence-corrected chi connectivity index (χ3v) is 9.41. The fourth-order valence-electron chi connectivity index (χ4n) is 9.06. The van der Waals surface area contributed by atoms with Crippen LogP contribution in [0.5, 0.6) is 0 Å². The second-order valence-electron chi connectivity index (χ2n) is 9.65. The number of carbonyl (C=O) groups excluding carboxylic acids is 1. The summed E-state index contributed by atoms with van der Waals surface area (Å²) >= 11 is 0. The Balaban J connectivity index is 1.43. The second kappa shape index (κ2) is 3.77. The molecule has 6 saturated carbocycles. The molecule has 0 N–H and O–H groups in total. The third kappa shape index (κ3) is 1.27. The Kier molecular flexibility index (Phi) is 2.18. The molecule has 1 spiro atoms. The van der Waals surface area contributed by atoms with Crippen molar-refractivity contribution in [1.29, 1.82) is 0 Å². The molecule has 0 aromatic carbocycles. The maximum atomic E-state index is 13.6. The smallest absolute Gasteiger partial charge is 0.142 e. The van der Waals surface area contributed by atoms with E-state index in [1.165, 1.54) is 64.2 Å². The standard InChI is InChI=1S/C20H28O/c21-19-15-7-5-11-1-3-13(17(11)15)9-20(19)10-14-4-2-12-6-8-16(20)18(12)14/h11-18H,1-10H2/t11-,12-,13-,14+,15-,16-,17-,18+,20-/m0/s1. The molecule has 9 atom stereocenters. The van der Waals surface area contributed by atoms with Crippen LogP contribution in [0, 0.1) is 52.8 Å². The number of carbonyl (C=O) groups is 1. The first-order valence-electron chi connectivity index (χ1n) is 9.82. The number of hydrogen-bond donors (Lipinski definition) is 0. The van der Waals surface area contributed by atoms with Crippen LogP contribution < -0.4 is 0 Å². The Bertz CT molecular complexity index is 510. The Morgan fingerprint density at radius 3 is 2.05 bits per heavy atom. The number of Topliss-reactive ketones (excluding diaryl/α,β-unsaturated/α-hetero) is 1. The van der Waals surface area contributed by atoms with Crippen molar-refractivity contribution in [1.82, 2.24) is 0 Å². The first-order chi connectivity index (χ1) is 10.3. The average molecular weight is 284 g/mol. The highest BCUT2D eigenvalue weighted by molar-refractivity contribution is 5.89. The molecule has 0 aliphatic heterocycles. The van der Waals surface area contributed by atoms with Gasteiger partial charge in [0.2, 0.25) is 0 Å². The van der Waals surface area contributed by atoms with Crippen LogP contribution >= 0.6 is 0 Å². The van der Waals surface area contributed by atoms with Gasteiger partial charge in [0.05, 0.1) is 0 Å². The minimum absolute atomic E-state index is 0.190. The lowest BCUT2D eigenvalue weighted by Gasteiger charge is -2.46. The molecule has 0 amide bonds. The topological polar surface area (TPSA) is 17.1 Å². The maximum Gasteiger partial charge on any atom is 0.142 e. The van der Waals surface area contributed by atoms with Gasteiger partial charge in [-0.3, -0.25) is 4.79 Å². The van der Waals surface area contributed by atoms with E-state index in [4.69, 9.17) is 0 Å². The molecule has 6 aliphatic carbocycles. The van der Waals surface area contributed by atoms with Crippen molar-refractivity contribution < 1.29 is 4.79 Å². The monoisotopic (exact) mass is 284 g/mol. The molecule has 21 heavy (non-hydrogen) atoms. The highest BCUT2D eigenvalue weighted by atomic mass is 16.1. The summed E-state index contributed by atoms with van der Waals surface area (Å²) in [4.78, 5) is 13.6. The van der Waals surface area contributed by atoms with Gasteiger partial charge in [0.1, 0.15) is 5.78 Å². The quantitative estimate of drug-likeness (QED) is 0.642. The predicted molar refractivity (Wildman–Crippen MR) is 81.5 cm³/mol. The molecule has 0 aromatic rings. The summed E-state index contributed by atoms with van der Waals surface area (Å²) in [5.41, 5.74) is 0.190. The van der Waals surface area contributed by atoms with Crippen LogP contribution in [0.25, 0.3) is 0 Å². The first kappa shape index (κ1) is 12.1. The Morgan fingerprint density at radius 1 is 0.667 bits per heavy atom. The molecule has 0 aromatic heterocycles. The molecule has 6 fully saturated rings. The molecule has 0 saturated heterocycles. The lowest BCUT2D eigenvalue weighted by molar-refractivity contribution is -0.144. The lowest BCUT2D eigenvalue weighted by atomic mass is 9.56. The minimum Gasteiger partial charge on any atom is -0.299 e. The second-order valence-corrected chi connectivity index (χ2v) is 9.65. The number of rotatable bonds is 0. The minimum atomic E-state index is 0.190. The zero-order valence-corrected chi connectivity index (χ0v) is 13.1. The van der Waals surface area contributed by atoms with Crippen LogP contribution in [0.1, 0.15) is 64.2 Å². The molecular formula is C20H28O. The van der Waals surface area contributed by atoms with E-state index in [2.05, 4.69) is 0 Å². The number of hydrogen-bond acceptors (Lipinski definition) is 1. The van der Waals surface area contributed by atoms with Gasteiger partial charge in [-0.2, -0.15) is 0 Å². The summed E-state index contributed by atoms with van der Waals surface area (Å²) < 4.78 is 0. The van der Waals surface area contributed by atoms with Crippen LogP contribution in [-0.2, 0) is 4.79 Å². The molecule has 1 nitrogen and oxygen atoms in total. The molecule has 6 aliphatic rings. The van der Waals surface area contributed by atoms with Crippen LogP contribution in [-0.4, -0.2) is 5.78 Å². The van der Waals surface area contributed by atoms with Gasteiger partial charge < -0.3 is 0 Å². The third-order valence-electron chi connectivity index (χ3n) is 9.41. The van der Waals surface area contributed by atoms with Crippen molar-refractivity contribution in [3.05, 3.63) is 0 Å². The normalized spacial score (nSPS) is 63.5. The van der Waals surface area contributed by atoms with E-state index in [1.54, 1.807) is 0 Å². The van der Waals surface area contributed by atoms with Gasteiger partial charge in [-0.1, -0.05) is 0 Å². The molecule has 1 heteroatoms. The molecule has 6 rings (SSSR count). The van der Waals surface area contributed by atoms with E-state index in [0.717, 1.165) is 47.2 Å². The first-order valence-corrected chi connectivity index (χ1v) is 9.82. The van der Waals surface area contributed by atoms with E-state index in [1.807, 2.05) is 0 Å². The van der Waals surface area contributed by atoms with Gasteiger partial charge >= 0.3 is 0 Å². The molecule has 114 valence electrons. The van der Waals surface area contributed by atoms with Crippen molar-refractivity contribution in [2.75, 3.05) is 0 Å². The van der Waals surface area contributed by atoms with Gasteiger partial charge in [-0.05, 0) is 106 Å². The Labute approximate surface area is 128 Å². The molecule has 0 unspecified atom stereocenters. The summed E-state index contributed by atoms with van der Waals surface area (Å²) in [7, 11) is 0. The molecular weight excluding hydrogens is 256 g/mol. The Morgan fingerprint density at radius 2 is 1.24 bits per heavy atom. The summed E-state index contributed by atoms with van der Waals surface area (Å²) in [6, 6.07) is 0. The molecule has 0 radical (unpaired) electrons. The average Bonchev–Trinajstić information content (AvgIpc) is 3.22. The molecule has 0 heterocycles. The van der Waals surface area contributed by atoms with E-state index in [-0.39, 0.29) is 5.41 Å². The van der Waals surface area contributed by atoms with Crippen molar-refractivity contribution in [3.63, 3.8) is 0 Å². The van der Waals surface area contributed by atoms with Gasteiger partial charge in [0.15, 0.2) is 0 Å². The summed E-state index contributed by atoms with van der Waals surface area (Å²) in [5, 5.41) is 0. The summed E-state index contributed by atoms with van der Waals surface area (Å²) in [6.45, 7) is 0. The summed E-state index contributed by atoms with van der Waals surface area (Å²) in [6.07, 6.45) is 14.0.